The van der Waals surface area contributed by atoms with Crippen LogP contribution in [0.2, 0.25) is 0 Å². The Balaban J connectivity index is 2.31. The van der Waals surface area contributed by atoms with Crippen LogP contribution in [-0.2, 0) is 6.18 Å². The highest BCUT2D eigenvalue weighted by Gasteiger charge is 2.45. The molecule has 0 spiro atoms. The van der Waals surface area contributed by atoms with E-state index in [-0.39, 0.29) is 22.9 Å². The van der Waals surface area contributed by atoms with E-state index >= 15 is 0 Å². The van der Waals surface area contributed by atoms with Gasteiger partial charge in [0.05, 0.1) is 18.6 Å². The van der Waals surface area contributed by atoms with Gasteiger partial charge in [-0.15, -0.1) is 5.10 Å². The Hall–Kier alpha value is -3.15. The van der Waals surface area contributed by atoms with Gasteiger partial charge in [0.25, 0.3) is 0 Å². The molecule has 3 N–H and O–H groups in total. The number of alkyl halides is 3. The maximum Gasteiger partial charge on any atom is 0.433 e. The Morgan fingerprint density at radius 1 is 1.38 bits per heavy atom. The molecule has 0 fully saturated rings. The molecule has 0 radical (unpaired) electrons. The standard InChI is InChI=1S/C15H11F3N4O2/c1-23-9-5-3-2-4-7(9)10-8(6-19)13(20)24-14-11(10)12(21-22-14)15(16,17)18/h2-5,10H,20H2,1H3,(H,21,22)/t10-/m1/s1. The lowest BCUT2D eigenvalue weighted by atomic mass is 9.83. The van der Waals surface area contributed by atoms with Crippen LogP contribution in [0, 0.1) is 11.3 Å². The van der Waals surface area contributed by atoms with E-state index in [2.05, 4.69) is 5.10 Å². The average molecular weight is 336 g/mol. The van der Waals surface area contributed by atoms with Gasteiger partial charge in [-0.1, -0.05) is 18.2 Å². The maximum absolute atomic E-state index is 13.3. The number of benzene rings is 1. The van der Waals surface area contributed by atoms with Crippen LogP contribution in [0.25, 0.3) is 0 Å². The van der Waals surface area contributed by atoms with Crippen molar-refractivity contribution in [2.75, 3.05) is 7.11 Å². The fraction of sp³-hybridized carbons (Fsp3) is 0.200. The van der Waals surface area contributed by atoms with Crippen molar-refractivity contribution in [2.45, 2.75) is 12.1 Å². The van der Waals surface area contributed by atoms with Crippen molar-refractivity contribution in [1.29, 1.82) is 5.26 Å². The summed E-state index contributed by atoms with van der Waals surface area (Å²) in [6, 6.07) is 8.28. The number of nitrogens with two attached hydrogens (primary N) is 1. The quantitative estimate of drug-likeness (QED) is 0.879. The molecule has 6 nitrogen and oxygen atoms in total. The van der Waals surface area contributed by atoms with Gasteiger partial charge in [0.2, 0.25) is 11.8 Å². The second-order valence-electron chi connectivity index (χ2n) is 4.98. The minimum Gasteiger partial charge on any atom is -0.496 e. The summed E-state index contributed by atoms with van der Waals surface area (Å²) in [6.45, 7) is 0. The summed E-state index contributed by atoms with van der Waals surface area (Å²) >= 11 is 0. The number of para-hydroxylation sites is 1. The molecule has 0 bridgehead atoms. The molecule has 2 aromatic rings. The zero-order chi connectivity index (χ0) is 17.5. The van der Waals surface area contributed by atoms with Gasteiger partial charge >= 0.3 is 6.18 Å². The van der Waals surface area contributed by atoms with Crippen LogP contribution < -0.4 is 15.2 Å². The van der Waals surface area contributed by atoms with E-state index in [0.717, 1.165) is 0 Å². The summed E-state index contributed by atoms with van der Waals surface area (Å²) in [6.07, 6.45) is -4.70. The SMILES string of the molecule is COc1ccccc1[C@@H]1C(C#N)=C(N)Oc2n[nH]c(C(F)(F)F)c21. The number of H-pyrrole nitrogens is 1. The van der Waals surface area contributed by atoms with Crippen LogP contribution in [0.5, 0.6) is 11.6 Å². The molecular formula is C15H11F3N4O2. The number of aromatic amines is 1. The number of fused-ring (bicyclic) bond motifs is 1. The normalized spacial score (nSPS) is 17.0. The molecule has 1 aromatic heterocycles. The number of nitrogens with one attached hydrogen (secondary N) is 1. The summed E-state index contributed by atoms with van der Waals surface area (Å²) in [5.41, 5.74) is 4.54. The highest BCUT2D eigenvalue weighted by Crippen LogP contribution is 2.48. The van der Waals surface area contributed by atoms with Crippen LogP contribution >= 0.6 is 0 Å². The Morgan fingerprint density at radius 3 is 2.71 bits per heavy atom. The van der Waals surface area contributed by atoms with E-state index in [4.69, 9.17) is 15.2 Å². The number of allylic oxidation sites excluding steroid dienone is 1. The Morgan fingerprint density at radius 2 is 2.08 bits per heavy atom. The Bertz CT molecular complexity index is 864. The Labute approximate surface area is 134 Å². The zero-order valence-corrected chi connectivity index (χ0v) is 12.3. The summed E-state index contributed by atoms with van der Waals surface area (Å²) < 4.78 is 50.3. The summed E-state index contributed by atoms with van der Waals surface area (Å²) in [7, 11) is 1.39. The van der Waals surface area contributed by atoms with Crippen molar-refractivity contribution in [1.82, 2.24) is 10.2 Å². The lowest BCUT2D eigenvalue weighted by molar-refractivity contribution is -0.141. The molecule has 1 aliphatic rings. The number of rotatable bonds is 2. The van der Waals surface area contributed by atoms with Crippen molar-refractivity contribution in [3.8, 4) is 17.7 Å². The fourth-order valence-electron chi connectivity index (χ4n) is 2.68. The van der Waals surface area contributed by atoms with Gasteiger partial charge < -0.3 is 15.2 Å². The zero-order valence-electron chi connectivity index (χ0n) is 12.3. The minimum absolute atomic E-state index is 0.140. The highest BCUT2D eigenvalue weighted by atomic mass is 19.4. The predicted molar refractivity (Wildman–Crippen MR) is 75.9 cm³/mol. The molecule has 1 atom stereocenters. The molecule has 9 heteroatoms. The number of halogens is 3. The number of nitrogens with zero attached hydrogens (tertiary/aromatic N) is 2. The number of nitriles is 1. The lowest BCUT2D eigenvalue weighted by Crippen LogP contribution is -2.23. The predicted octanol–water partition coefficient (Wildman–Crippen LogP) is 2.66. The first kappa shape index (κ1) is 15.7. The molecule has 0 saturated carbocycles. The first-order valence-electron chi connectivity index (χ1n) is 6.74. The highest BCUT2D eigenvalue weighted by molar-refractivity contribution is 5.58. The van der Waals surface area contributed by atoms with E-state index in [0.29, 0.717) is 11.3 Å². The third-order valence-corrected chi connectivity index (χ3v) is 3.67. The first-order valence-corrected chi connectivity index (χ1v) is 6.74. The topological polar surface area (TPSA) is 96.9 Å². The molecule has 0 amide bonds. The number of ether oxygens (including phenoxy) is 2. The van der Waals surface area contributed by atoms with Gasteiger partial charge in [-0.3, -0.25) is 5.10 Å². The second kappa shape index (κ2) is 5.49. The largest absolute Gasteiger partial charge is 0.496 e. The lowest BCUT2D eigenvalue weighted by Gasteiger charge is -2.25. The van der Waals surface area contributed by atoms with Gasteiger partial charge in [0, 0.05) is 5.56 Å². The van der Waals surface area contributed by atoms with E-state index < -0.39 is 17.8 Å². The molecule has 3 rings (SSSR count). The third kappa shape index (κ3) is 2.32. The van der Waals surface area contributed by atoms with Crippen molar-refractivity contribution in [2.24, 2.45) is 5.73 Å². The van der Waals surface area contributed by atoms with Crippen molar-refractivity contribution in [3.05, 3.63) is 52.5 Å². The summed E-state index contributed by atoms with van der Waals surface area (Å²) in [5, 5.41) is 14.9. The van der Waals surface area contributed by atoms with Crippen LogP contribution in [0.3, 0.4) is 0 Å². The third-order valence-electron chi connectivity index (χ3n) is 3.67. The van der Waals surface area contributed by atoms with Gasteiger partial charge in [0.15, 0.2) is 0 Å². The molecule has 24 heavy (non-hydrogen) atoms. The smallest absolute Gasteiger partial charge is 0.433 e. The molecule has 0 saturated heterocycles. The van der Waals surface area contributed by atoms with Crippen molar-refractivity contribution in [3.63, 3.8) is 0 Å². The van der Waals surface area contributed by atoms with E-state index in [9.17, 15) is 18.4 Å². The van der Waals surface area contributed by atoms with Gasteiger partial charge in [0.1, 0.15) is 23.1 Å². The van der Waals surface area contributed by atoms with E-state index in [1.807, 2.05) is 11.2 Å². The molecule has 124 valence electrons. The Kier molecular flexibility index (Phi) is 3.60. The van der Waals surface area contributed by atoms with Crippen molar-refractivity contribution >= 4 is 0 Å². The molecule has 1 aliphatic heterocycles. The molecule has 1 aromatic carbocycles. The van der Waals surface area contributed by atoms with Crippen LogP contribution in [0.15, 0.2) is 35.7 Å². The van der Waals surface area contributed by atoms with E-state index in [1.54, 1.807) is 24.3 Å². The van der Waals surface area contributed by atoms with Crippen LogP contribution in [0.1, 0.15) is 22.7 Å². The van der Waals surface area contributed by atoms with Crippen LogP contribution in [0.4, 0.5) is 13.2 Å². The number of methoxy groups -OCH3 is 1. The van der Waals surface area contributed by atoms with Crippen LogP contribution in [-0.4, -0.2) is 17.3 Å². The second-order valence-corrected chi connectivity index (χ2v) is 4.98. The minimum atomic E-state index is -4.70. The molecule has 0 aliphatic carbocycles. The summed E-state index contributed by atoms with van der Waals surface area (Å²) in [5.74, 6) is -1.38. The molecule has 2 heterocycles. The average Bonchev–Trinajstić information content (AvgIpc) is 2.97. The molecule has 0 unspecified atom stereocenters. The summed E-state index contributed by atoms with van der Waals surface area (Å²) in [4.78, 5) is 0. The number of aromatic nitrogens is 2. The molecular weight excluding hydrogens is 325 g/mol. The van der Waals surface area contributed by atoms with E-state index in [1.165, 1.54) is 7.11 Å². The monoisotopic (exact) mass is 336 g/mol. The van der Waals surface area contributed by atoms with Gasteiger partial charge in [-0.05, 0) is 6.07 Å². The van der Waals surface area contributed by atoms with Crippen molar-refractivity contribution < 1.29 is 22.6 Å². The maximum atomic E-state index is 13.3. The first-order chi connectivity index (χ1) is 11.4. The number of hydrogen-bond acceptors (Lipinski definition) is 5. The van der Waals surface area contributed by atoms with Gasteiger partial charge in [-0.25, -0.2) is 0 Å². The fourth-order valence-corrected chi connectivity index (χ4v) is 2.68. The number of hydrogen-bond donors (Lipinski definition) is 2. The van der Waals surface area contributed by atoms with Gasteiger partial charge in [-0.2, -0.15) is 18.4 Å².